The lowest BCUT2D eigenvalue weighted by atomic mass is 10.2. The van der Waals surface area contributed by atoms with Crippen molar-refractivity contribution in [1.82, 2.24) is 9.80 Å². The average molecular weight is 244 g/mol. The maximum absolute atomic E-state index is 4.59. The van der Waals surface area contributed by atoms with Crippen molar-refractivity contribution in [3.63, 3.8) is 0 Å². The first kappa shape index (κ1) is 11.4. The van der Waals surface area contributed by atoms with Crippen LogP contribution in [0.15, 0.2) is 35.3 Å². The Morgan fingerprint density at radius 1 is 0.889 bits per heavy atom. The first-order valence-electron chi connectivity index (χ1n) is 6.65. The van der Waals surface area contributed by atoms with Gasteiger partial charge in [0.25, 0.3) is 0 Å². The minimum absolute atomic E-state index is 0.949. The zero-order valence-electron chi connectivity index (χ0n) is 10.9. The summed E-state index contributed by atoms with van der Waals surface area (Å²) in [6.45, 7) is 6.31. The van der Waals surface area contributed by atoms with Gasteiger partial charge in [-0.05, 0) is 12.1 Å². The molecule has 96 valence electrons. The average Bonchev–Trinajstić information content (AvgIpc) is 2.86. The second-order valence-corrected chi connectivity index (χ2v) is 4.91. The minimum atomic E-state index is 0.949. The van der Waals surface area contributed by atoms with Crippen molar-refractivity contribution in [2.24, 2.45) is 4.99 Å². The Kier molecular flexibility index (Phi) is 3.09. The summed E-state index contributed by atoms with van der Waals surface area (Å²) in [6.07, 6.45) is 0. The number of piperazine rings is 1. The van der Waals surface area contributed by atoms with E-state index in [9.17, 15) is 0 Å². The van der Waals surface area contributed by atoms with Crippen LogP contribution in [0, 0.1) is 0 Å². The molecule has 1 saturated heterocycles. The molecule has 2 aliphatic heterocycles. The van der Waals surface area contributed by atoms with Crippen LogP contribution in [0.2, 0.25) is 0 Å². The molecule has 18 heavy (non-hydrogen) atoms. The summed E-state index contributed by atoms with van der Waals surface area (Å²) < 4.78 is 0. The summed E-state index contributed by atoms with van der Waals surface area (Å²) >= 11 is 0. The molecule has 2 aliphatic rings. The smallest absolute Gasteiger partial charge is 0.196 e. The highest BCUT2D eigenvalue weighted by molar-refractivity contribution is 5.81. The standard InChI is InChI=1S/C14H20N4/c1-16-8-7-15-14(16)18-11-9-17(10-12-18)13-5-3-2-4-6-13/h2-6H,7-12H2,1H3. The summed E-state index contributed by atoms with van der Waals surface area (Å²) in [5.41, 5.74) is 1.33. The maximum Gasteiger partial charge on any atom is 0.196 e. The molecule has 0 bridgehead atoms. The number of rotatable bonds is 1. The Morgan fingerprint density at radius 2 is 1.56 bits per heavy atom. The largest absolute Gasteiger partial charge is 0.368 e. The fraction of sp³-hybridized carbons (Fsp3) is 0.500. The molecular formula is C14H20N4. The molecule has 1 fully saturated rings. The summed E-state index contributed by atoms with van der Waals surface area (Å²) in [4.78, 5) is 11.7. The van der Waals surface area contributed by atoms with Crippen LogP contribution >= 0.6 is 0 Å². The number of nitrogens with zero attached hydrogens (tertiary/aromatic N) is 4. The molecule has 0 aromatic heterocycles. The Morgan fingerprint density at radius 3 is 2.17 bits per heavy atom. The summed E-state index contributed by atoms with van der Waals surface area (Å²) in [5.74, 6) is 1.18. The van der Waals surface area contributed by atoms with E-state index in [1.165, 1.54) is 11.6 Å². The van der Waals surface area contributed by atoms with Gasteiger partial charge in [-0.25, -0.2) is 0 Å². The number of likely N-dealkylation sites (N-methyl/N-ethyl adjacent to an activating group) is 1. The second-order valence-electron chi connectivity index (χ2n) is 4.91. The summed E-state index contributed by atoms with van der Waals surface area (Å²) in [6, 6.07) is 10.7. The third-order valence-corrected chi connectivity index (χ3v) is 3.71. The number of para-hydroxylation sites is 1. The van der Waals surface area contributed by atoms with Crippen LogP contribution in [0.4, 0.5) is 5.69 Å². The van der Waals surface area contributed by atoms with Crippen molar-refractivity contribution < 1.29 is 0 Å². The van der Waals surface area contributed by atoms with Crippen molar-refractivity contribution in [2.45, 2.75) is 0 Å². The highest BCUT2D eigenvalue weighted by Crippen LogP contribution is 2.16. The number of aliphatic imine (C=N–C) groups is 1. The Balaban J connectivity index is 1.62. The van der Waals surface area contributed by atoms with Crippen molar-refractivity contribution in [1.29, 1.82) is 0 Å². The maximum atomic E-state index is 4.59. The molecule has 3 rings (SSSR count). The van der Waals surface area contributed by atoms with E-state index in [4.69, 9.17) is 0 Å². The molecule has 0 amide bonds. The summed E-state index contributed by atoms with van der Waals surface area (Å²) in [7, 11) is 2.13. The van der Waals surface area contributed by atoms with Gasteiger partial charge in [0.2, 0.25) is 0 Å². The number of hydrogen-bond acceptors (Lipinski definition) is 4. The lowest BCUT2D eigenvalue weighted by molar-refractivity contribution is 0.342. The molecule has 4 heteroatoms. The number of anilines is 1. The molecule has 1 aromatic carbocycles. The van der Waals surface area contributed by atoms with Gasteiger partial charge in [-0.3, -0.25) is 4.99 Å². The van der Waals surface area contributed by atoms with Crippen LogP contribution in [0.25, 0.3) is 0 Å². The summed E-state index contributed by atoms with van der Waals surface area (Å²) in [5, 5.41) is 0. The van der Waals surface area contributed by atoms with Gasteiger partial charge in [0.1, 0.15) is 0 Å². The van der Waals surface area contributed by atoms with Crippen LogP contribution in [-0.4, -0.2) is 62.1 Å². The van der Waals surface area contributed by atoms with Crippen LogP contribution in [0.5, 0.6) is 0 Å². The van der Waals surface area contributed by atoms with E-state index in [2.05, 4.69) is 57.1 Å². The van der Waals surface area contributed by atoms with E-state index in [1.54, 1.807) is 0 Å². The van der Waals surface area contributed by atoms with Crippen molar-refractivity contribution in [3.8, 4) is 0 Å². The topological polar surface area (TPSA) is 22.1 Å². The van der Waals surface area contributed by atoms with Gasteiger partial charge in [0, 0.05) is 45.5 Å². The van der Waals surface area contributed by atoms with Gasteiger partial charge in [0.05, 0.1) is 6.54 Å². The van der Waals surface area contributed by atoms with E-state index in [-0.39, 0.29) is 0 Å². The van der Waals surface area contributed by atoms with Gasteiger partial charge in [-0.15, -0.1) is 0 Å². The van der Waals surface area contributed by atoms with Crippen molar-refractivity contribution in [2.75, 3.05) is 51.2 Å². The van der Waals surface area contributed by atoms with E-state index >= 15 is 0 Å². The highest BCUT2D eigenvalue weighted by atomic mass is 15.4. The molecule has 0 radical (unpaired) electrons. The van der Waals surface area contributed by atoms with Crippen LogP contribution in [0.3, 0.4) is 0 Å². The number of guanidine groups is 1. The number of benzene rings is 1. The molecule has 2 heterocycles. The van der Waals surface area contributed by atoms with Crippen LogP contribution < -0.4 is 4.90 Å². The number of hydrogen-bond donors (Lipinski definition) is 0. The van der Waals surface area contributed by atoms with E-state index < -0.39 is 0 Å². The van der Waals surface area contributed by atoms with Gasteiger partial charge < -0.3 is 14.7 Å². The molecule has 0 saturated carbocycles. The molecule has 0 atom stereocenters. The van der Waals surface area contributed by atoms with Gasteiger partial charge in [-0.2, -0.15) is 0 Å². The van der Waals surface area contributed by atoms with Crippen molar-refractivity contribution in [3.05, 3.63) is 30.3 Å². The van der Waals surface area contributed by atoms with E-state index in [1.807, 2.05) is 0 Å². The fourth-order valence-corrected chi connectivity index (χ4v) is 2.67. The van der Waals surface area contributed by atoms with Gasteiger partial charge >= 0.3 is 0 Å². The zero-order valence-corrected chi connectivity index (χ0v) is 10.9. The molecule has 0 spiro atoms. The highest BCUT2D eigenvalue weighted by Gasteiger charge is 2.24. The predicted octanol–water partition coefficient (Wildman–Crippen LogP) is 1.11. The third kappa shape index (κ3) is 2.15. The Bertz CT molecular complexity index is 421. The lowest BCUT2D eigenvalue weighted by Gasteiger charge is -2.38. The third-order valence-electron chi connectivity index (χ3n) is 3.71. The van der Waals surface area contributed by atoms with Crippen LogP contribution in [-0.2, 0) is 0 Å². The van der Waals surface area contributed by atoms with Gasteiger partial charge in [-0.1, -0.05) is 18.2 Å². The molecule has 4 nitrogen and oxygen atoms in total. The molecule has 0 unspecified atom stereocenters. The Labute approximate surface area is 109 Å². The lowest BCUT2D eigenvalue weighted by Crippen LogP contribution is -2.51. The van der Waals surface area contributed by atoms with Gasteiger partial charge in [0.15, 0.2) is 5.96 Å². The fourth-order valence-electron chi connectivity index (χ4n) is 2.67. The molecule has 1 aromatic rings. The molecular weight excluding hydrogens is 224 g/mol. The quantitative estimate of drug-likeness (QED) is 0.739. The first-order valence-corrected chi connectivity index (χ1v) is 6.65. The Hall–Kier alpha value is -1.71. The minimum Gasteiger partial charge on any atom is -0.368 e. The SMILES string of the molecule is CN1CCN=C1N1CCN(c2ccccc2)CC1. The first-order chi connectivity index (χ1) is 8.84. The normalized spacial score (nSPS) is 20.3. The van der Waals surface area contributed by atoms with E-state index in [0.717, 1.165) is 39.3 Å². The second kappa shape index (κ2) is 4.88. The molecule has 0 aliphatic carbocycles. The zero-order chi connectivity index (χ0) is 12.4. The molecule has 0 N–H and O–H groups in total. The van der Waals surface area contributed by atoms with Crippen LogP contribution in [0.1, 0.15) is 0 Å². The van der Waals surface area contributed by atoms with Crippen molar-refractivity contribution >= 4 is 11.6 Å². The monoisotopic (exact) mass is 244 g/mol. The predicted molar refractivity (Wildman–Crippen MR) is 75.2 cm³/mol. The van der Waals surface area contributed by atoms with E-state index in [0.29, 0.717) is 0 Å².